The van der Waals surface area contributed by atoms with Gasteiger partial charge in [0.1, 0.15) is 11.4 Å². The van der Waals surface area contributed by atoms with Gasteiger partial charge in [-0.15, -0.1) is 0 Å². The molecule has 1 aliphatic heterocycles. The molecule has 24 heavy (non-hydrogen) atoms. The molecule has 0 bridgehead atoms. The van der Waals surface area contributed by atoms with E-state index in [4.69, 9.17) is 16.9 Å². The van der Waals surface area contributed by atoms with Crippen LogP contribution in [0.1, 0.15) is 0 Å². The highest BCUT2D eigenvalue weighted by Gasteiger charge is 2.30. The van der Waals surface area contributed by atoms with Crippen molar-refractivity contribution in [2.75, 3.05) is 39.3 Å². The van der Waals surface area contributed by atoms with E-state index in [1.807, 2.05) is 11.0 Å². The van der Waals surface area contributed by atoms with E-state index in [9.17, 15) is 13.2 Å². The summed E-state index contributed by atoms with van der Waals surface area (Å²) < 4.78 is 27.4. The number of nitrogens with zero attached hydrogens (tertiary/aromatic N) is 3. The van der Waals surface area contributed by atoms with E-state index in [-0.39, 0.29) is 42.0 Å². The predicted molar refractivity (Wildman–Crippen MR) is 93.0 cm³/mol. The summed E-state index contributed by atoms with van der Waals surface area (Å²) in [6.45, 7) is 1.55. The van der Waals surface area contributed by atoms with Gasteiger partial charge in [-0.25, -0.2) is 8.42 Å². The second-order valence-electron chi connectivity index (χ2n) is 5.19. The molecule has 1 fully saturated rings. The minimum Gasteiger partial charge on any atom is -0.342 e. The first-order chi connectivity index (χ1) is 11.3. The molecule has 0 saturated carbocycles. The number of rotatable bonds is 5. The number of amides is 1. The van der Waals surface area contributed by atoms with E-state index in [0.717, 1.165) is 0 Å². The van der Waals surface area contributed by atoms with Gasteiger partial charge >= 0.3 is 0 Å². The van der Waals surface area contributed by atoms with Crippen molar-refractivity contribution in [3.8, 4) is 6.07 Å². The van der Waals surface area contributed by atoms with E-state index in [1.54, 1.807) is 12.1 Å². The Labute approximate surface area is 154 Å². The summed E-state index contributed by atoms with van der Waals surface area (Å²) in [7, 11) is -3.67. The second-order valence-corrected chi connectivity index (χ2v) is 8.42. The highest BCUT2D eigenvalue weighted by Crippen LogP contribution is 2.28. The summed E-state index contributed by atoms with van der Waals surface area (Å²) in [5.41, 5.74) is 0. The lowest BCUT2D eigenvalue weighted by atomic mass is 10.3. The van der Waals surface area contributed by atoms with Gasteiger partial charge in [-0.2, -0.15) is 9.57 Å². The van der Waals surface area contributed by atoms with Gasteiger partial charge in [-0.1, -0.05) is 27.5 Å². The zero-order chi connectivity index (χ0) is 17.7. The van der Waals surface area contributed by atoms with Crippen LogP contribution in [0.2, 0.25) is 5.02 Å². The molecule has 130 valence electrons. The molecule has 7 nitrogen and oxygen atoms in total. The van der Waals surface area contributed by atoms with Gasteiger partial charge in [0.2, 0.25) is 15.9 Å². The third kappa shape index (κ3) is 4.68. The zero-order valence-corrected chi connectivity index (χ0v) is 15.9. The number of benzene rings is 1. The molecular weight excluding hydrogens is 420 g/mol. The zero-order valence-electron chi connectivity index (χ0n) is 12.7. The van der Waals surface area contributed by atoms with Gasteiger partial charge < -0.3 is 5.32 Å². The minimum atomic E-state index is -3.67. The molecule has 1 saturated heterocycles. The first kappa shape index (κ1) is 19.1. The van der Waals surface area contributed by atoms with Crippen LogP contribution >= 0.6 is 27.5 Å². The van der Waals surface area contributed by atoms with Crippen LogP contribution in [0.25, 0.3) is 0 Å². The van der Waals surface area contributed by atoms with Crippen LogP contribution in [0.3, 0.4) is 0 Å². The molecule has 1 aromatic rings. The van der Waals surface area contributed by atoms with Crippen LogP contribution in [-0.2, 0) is 14.8 Å². The first-order valence-corrected chi connectivity index (χ1v) is 9.77. The molecule has 0 unspecified atom stereocenters. The molecule has 1 aromatic carbocycles. The maximum absolute atomic E-state index is 12.7. The Bertz CT molecular complexity index is 758. The van der Waals surface area contributed by atoms with Gasteiger partial charge in [0.25, 0.3) is 0 Å². The maximum Gasteiger partial charge on any atom is 0.244 e. The van der Waals surface area contributed by atoms with Crippen molar-refractivity contribution >= 4 is 43.5 Å². The molecule has 0 radical (unpaired) electrons. The third-order valence-electron chi connectivity index (χ3n) is 3.57. The summed E-state index contributed by atoms with van der Waals surface area (Å²) in [5.74, 6) is -0.246. The first-order valence-electron chi connectivity index (χ1n) is 7.16. The van der Waals surface area contributed by atoms with Gasteiger partial charge in [0.05, 0.1) is 17.6 Å². The van der Waals surface area contributed by atoms with Crippen molar-refractivity contribution in [1.82, 2.24) is 14.5 Å². The number of sulfonamides is 1. The number of hydrogen-bond acceptors (Lipinski definition) is 5. The topological polar surface area (TPSA) is 93.5 Å². The standard InChI is InChI=1S/C14H16BrClN4O3S/c15-11-1-2-13(12(16)9-11)24(22,23)20-7-5-19(6-8-20)10-14(21)18-4-3-17/h1-2,9H,4-8,10H2,(H,18,21). The highest BCUT2D eigenvalue weighted by molar-refractivity contribution is 9.10. The quantitative estimate of drug-likeness (QED) is 0.698. The summed E-state index contributed by atoms with van der Waals surface area (Å²) in [6, 6.07) is 6.49. The van der Waals surface area contributed by atoms with Gasteiger partial charge in [0, 0.05) is 30.7 Å². The summed E-state index contributed by atoms with van der Waals surface area (Å²) in [4.78, 5) is 13.5. The Morgan fingerprint density at radius 2 is 2.00 bits per heavy atom. The largest absolute Gasteiger partial charge is 0.342 e. The SMILES string of the molecule is N#CCNC(=O)CN1CCN(S(=O)(=O)c2ccc(Br)cc2Cl)CC1. The van der Waals surface area contributed by atoms with Crippen LogP contribution in [0.5, 0.6) is 0 Å². The molecule has 0 aliphatic carbocycles. The number of nitriles is 1. The van der Waals surface area contributed by atoms with E-state index in [2.05, 4.69) is 21.2 Å². The van der Waals surface area contributed by atoms with Crippen molar-refractivity contribution in [3.63, 3.8) is 0 Å². The molecule has 1 heterocycles. The van der Waals surface area contributed by atoms with Crippen LogP contribution < -0.4 is 5.32 Å². The summed E-state index contributed by atoms with van der Waals surface area (Å²) in [6.07, 6.45) is 0. The lowest BCUT2D eigenvalue weighted by Crippen LogP contribution is -2.51. The Morgan fingerprint density at radius 3 is 2.58 bits per heavy atom. The second kappa shape index (κ2) is 8.27. The Kier molecular flexibility index (Phi) is 6.60. The number of piperazine rings is 1. The van der Waals surface area contributed by atoms with Gasteiger partial charge in [0.15, 0.2) is 0 Å². The normalized spacial score (nSPS) is 16.5. The van der Waals surface area contributed by atoms with E-state index in [0.29, 0.717) is 17.6 Å². The number of nitrogens with one attached hydrogen (secondary N) is 1. The molecular formula is C14H16BrClN4O3S. The summed E-state index contributed by atoms with van der Waals surface area (Å²) in [5, 5.41) is 11.1. The average Bonchev–Trinajstić information content (AvgIpc) is 2.53. The molecule has 0 atom stereocenters. The maximum atomic E-state index is 12.7. The van der Waals surface area contributed by atoms with Crippen molar-refractivity contribution in [2.24, 2.45) is 0 Å². The molecule has 10 heteroatoms. The van der Waals surface area contributed by atoms with E-state index in [1.165, 1.54) is 10.4 Å². The molecule has 0 spiro atoms. The predicted octanol–water partition coefficient (Wildman–Crippen LogP) is 1.05. The molecule has 1 amide bonds. The Balaban J connectivity index is 1.98. The van der Waals surface area contributed by atoms with Crippen molar-refractivity contribution in [3.05, 3.63) is 27.7 Å². The number of carbonyl (C=O) groups excluding carboxylic acids is 1. The lowest BCUT2D eigenvalue weighted by molar-refractivity contribution is -0.122. The fraction of sp³-hybridized carbons (Fsp3) is 0.429. The number of hydrogen-bond donors (Lipinski definition) is 1. The van der Waals surface area contributed by atoms with Crippen LogP contribution in [0, 0.1) is 11.3 Å². The number of halogens is 2. The van der Waals surface area contributed by atoms with Crippen LogP contribution in [0.15, 0.2) is 27.6 Å². The van der Waals surface area contributed by atoms with Gasteiger partial charge in [-0.3, -0.25) is 9.69 Å². The smallest absolute Gasteiger partial charge is 0.244 e. The number of carbonyl (C=O) groups is 1. The Hall–Kier alpha value is -1.18. The average molecular weight is 436 g/mol. The Morgan fingerprint density at radius 1 is 1.33 bits per heavy atom. The monoisotopic (exact) mass is 434 g/mol. The van der Waals surface area contributed by atoms with Crippen molar-refractivity contribution in [2.45, 2.75) is 4.90 Å². The molecule has 1 aliphatic rings. The van der Waals surface area contributed by atoms with Crippen LogP contribution in [0.4, 0.5) is 0 Å². The van der Waals surface area contributed by atoms with Gasteiger partial charge in [-0.05, 0) is 18.2 Å². The lowest BCUT2D eigenvalue weighted by Gasteiger charge is -2.33. The molecule has 2 rings (SSSR count). The summed E-state index contributed by atoms with van der Waals surface area (Å²) >= 11 is 9.30. The van der Waals surface area contributed by atoms with Crippen molar-refractivity contribution in [1.29, 1.82) is 5.26 Å². The van der Waals surface area contributed by atoms with E-state index < -0.39 is 10.0 Å². The van der Waals surface area contributed by atoms with Crippen molar-refractivity contribution < 1.29 is 13.2 Å². The van der Waals surface area contributed by atoms with Crippen LogP contribution in [-0.4, -0.2) is 62.8 Å². The fourth-order valence-corrected chi connectivity index (χ4v) is 4.78. The molecule has 1 N–H and O–H groups in total. The fourth-order valence-electron chi connectivity index (χ4n) is 2.35. The highest BCUT2D eigenvalue weighted by atomic mass is 79.9. The van der Waals surface area contributed by atoms with E-state index >= 15 is 0 Å². The molecule has 0 aromatic heterocycles. The third-order valence-corrected chi connectivity index (χ3v) is 6.45. The minimum absolute atomic E-state index is 0.0325.